The molecule has 0 unspecified atom stereocenters. The highest BCUT2D eigenvalue weighted by Crippen LogP contribution is 2.27. The number of halogens is 2. The molecule has 0 fully saturated rings. The smallest absolute Gasteiger partial charge is 0.251 e. The number of nitrogens with one attached hydrogen (secondary N) is 3. The number of amides is 2. The number of ether oxygens (including phenoxy) is 2. The topological polar surface area (TPSA) is 88.7 Å². The summed E-state index contributed by atoms with van der Waals surface area (Å²) in [4.78, 5) is 24.2. The largest absolute Gasteiger partial charge is 0.492 e. The summed E-state index contributed by atoms with van der Waals surface area (Å²) in [6.45, 7) is 1.15. The van der Waals surface area contributed by atoms with Crippen LogP contribution in [-0.4, -0.2) is 43.8 Å². The first-order chi connectivity index (χ1) is 14.9. The molecular formula is C21H23Cl2N3O4S. The number of hydrogen-bond acceptors (Lipinski definition) is 5. The Morgan fingerprint density at radius 2 is 1.90 bits per heavy atom. The standard InChI is InChI=1S/C21H23Cl2N3O4S/c1-29-11-9-24-20(28)14-4-2-5-16(12-14)25-21(31)26-19(27)6-3-10-30-18-8-7-15(22)13-17(18)23/h2,4-5,7-8,12-13H,3,6,9-11H2,1H3,(H,24,28)(H2,25,26,27,31). The van der Waals surface area contributed by atoms with Crippen molar-refractivity contribution in [3.63, 3.8) is 0 Å². The van der Waals surface area contributed by atoms with Gasteiger partial charge < -0.3 is 25.4 Å². The summed E-state index contributed by atoms with van der Waals surface area (Å²) < 4.78 is 10.5. The van der Waals surface area contributed by atoms with E-state index in [1.54, 1.807) is 49.6 Å². The third-order valence-electron chi connectivity index (χ3n) is 3.93. The fourth-order valence-electron chi connectivity index (χ4n) is 2.47. The van der Waals surface area contributed by atoms with Gasteiger partial charge in [0, 0.05) is 36.3 Å². The van der Waals surface area contributed by atoms with Crippen molar-refractivity contribution >= 4 is 58.0 Å². The molecule has 0 aliphatic heterocycles. The molecule has 0 saturated heterocycles. The summed E-state index contributed by atoms with van der Waals surface area (Å²) >= 11 is 17.0. The molecule has 0 aromatic heterocycles. The molecule has 2 aromatic carbocycles. The molecule has 2 rings (SSSR count). The maximum atomic E-state index is 12.1. The first kappa shape index (κ1) is 24.9. The first-order valence-corrected chi connectivity index (χ1v) is 10.6. The minimum Gasteiger partial charge on any atom is -0.492 e. The molecule has 0 heterocycles. The number of carbonyl (C=O) groups excluding carboxylic acids is 2. The van der Waals surface area contributed by atoms with Crippen LogP contribution in [0.5, 0.6) is 5.75 Å². The zero-order valence-corrected chi connectivity index (χ0v) is 19.2. The molecule has 31 heavy (non-hydrogen) atoms. The number of carbonyl (C=O) groups is 2. The van der Waals surface area contributed by atoms with E-state index in [0.717, 1.165) is 0 Å². The van der Waals surface area contributed by atoms with Gasteiger partial charge in [0.05, 0.1) is 18.2 Å². The van der Waals surface area contributed by atoms with Gasteiger partial charge in [-0.3, -0.25) is 9.59 Å². The van der Waals surface area contributed by atoms with Crippen LogP contribution in [0, 0.1) is 0 Å². The second-order valence-electron chi connectivity index (χ2n) is 6.36. The Bertz CT molecular complexity index is 927. The van der Waals surface area contributed by atoms with E-state index in [1.807, 2.05) is 0 Å². The predicted octanol–water partition coefficient (Wildman–Crippen LogP) is 4.04. The van der Waals surface area contributed by atoms with Crippen LogP contribution >= 0.6 is 35.4 Å². The molecule has 0 spiro atoms. The van der Waals surface area contributed by atoms with Crippen molar-refractivity contribution in [2.24, 2.45) is 0 Å². The van der Waals surface area contributed by atoms with Crippen LogP contribution in [0.2, 0.25) is 10.0 Å². The zero-order chi connectivity index (χ0) is 22.6. The van der Waals surface area contributed by atoms with Crippen LogP contribution < -0.4 is 20.7 Å². The lowest BCUT2D eigenvalue weighted by molar-refractivity contribution is -0.119. The van der Waals surface area contributed by atoms with E-state index in [-0.39, 0.29) is 23.3 Å². The van der Waals surface area contributed by atoms with Gasteiger partial charge in [-0.2, -0.15) is 0 Å². The molecule has 2 aromatic rings. The molecule has 0 radical (unpaired) electrons. The second kappa shape index (κ2) is 13.1. The Morgan fingerprint density at radius 3 is 2.65 bits per heavy atom. The fourth-order valence-corrected chi connectivity index (χ4v) is 3.16. The molecular weight excluding hydrogens is 461 g/mol. The van der Waals surface area contributed by atoms with Crippen molar-refractivity contribution in [2.75, 3.05) is 32.2 Å². The summed E-state index contributed by atoms with van der Waals surface area (Å²) in [5.41, 5.74) is 1.05. The third-order valence-corrected chi connectivity index (χ3v) is 4.66. The van der Waals surface area contributed by atoms with Gasteiger partial charge in [0.15, 0.2) is 5.11 Å². The van der Waals surface area contributed by atoms with Gasteiger partial charge in [-0.05, 0) is 55.0 Å². The Hall–Kier alpha value is -2.39. The highest BCUT2D eigenvalue weighted by Gasteiger charge is 2.09. The van der Waals surface area contributed by atoms with Crippen LogP contribution in [0.15, 0.2) is 42.5 Å². The molecule has 10 heteroatoms. The van der Waals surface area contributed by atoms with E-state index in [0.29, 0.717) is 53.2 Å². The molecule has 0 atom stereocenters. The number of hydrogen-bond donors (Lipinski definition) is 3. The van der Waals surface area contributed by atoms with Crippen molar-refractivity contribution in [3.05, 3.63) is 58.1 Å². The van der Waals surface area contributed by atoms with Gasteiger partial charge >= 0.3 is 0 Å². The normalized spacial score (nSPS) is 10.3. The maximum absolute atomic E-state index is 12.1. The Labute approximate surface area is 196 Å². The van der Waals surface area contributed by atoms with E-state index < -0.39 is 0 Å². The lowest BCUT2D eigenvalue weighted by Gasteiger charge is -2.11. The van der Waals surface area contributed by atoms with Gasteiger partial charge in [0.25, 0.3) is 5.91 Å². The maximum Gasteiger partial charge on any atom is 0.251 e. The van der Waals surface area contributed by atoms with Crippen LogP contribution in [-0.2, 0) is 9.53 Å². The molecule has 0 bridgehead atoms. The molecule has 7 nitrogen and oxygen atoms in total. The minimum absolute atomic E-state index is 0.142. The molecule has 0 aliphatic carbocycles. The van der Waals surface area contributed by atoms with Gasteiger partial charge in [0.2, 0.25) is 5.91 Å². The van der Waals surface area contributed by atoms with Crippen molar-refractivity contribution in [2.45, 2.75) is 12.8 Å². The van der Waals surface area contributed by atoms with Crippen molar-refractivity contribution in [1.29, 1.82) is 0 Å². The second-order valence-corrected chi connectivity index (χ2v) is 7.61. The highest BCUT2D eigenvalue weighted by atomic mass is 35.5. The minimum atomic E-state index is -0.253. The first-order valence-electron chi connectivity index (χ1n) is 9.45. The Morgan fingerprint density at radius 1 is 1.10 bits per heavy atom. The molecule has 0 aliphatic rings. The summed E-state index contributed by atoms with van der Waals surface area (Å²) in [6.07, 6.45) is 0.694. The fraction of sp³-hybridized carbons (Fsp3) is 0.286. The number of methoxy groups -OCH3 is 1. The van der Waals surface area contributed by atoms with Crippen molar-refractivity contribution < 1.29 is 19.1 Å². The van der Waals surface area contributed by atoms with Gasteiger partial charge in [-0.15, -0.1) is 0 Å². The van der Waals surface area contributed by atoms with E-state index in [1.165, 1.54) is 0 Å². The van der Waals surface area contributed by atoms with Crippen LogP contribution in [0.3, 0.4) is 0 Å². The highest BCUT2D eigenvalue weighted by molar-refractivity contribution is 7.80. The lowest BCUT2D eigenvalue weighted by atomic mass is 10.2. The molecule has 2 amide bonds. The summed E-state index contributed by atoms with van der Waals surface area (Å²) in [5, 5.41) is 9.32. The summed E-state index contributed by atoms with van der Waals surface area (Å²) in [7, 11) is 1.56. The van der Waals surface area contributed by atoms with Gasteiger partial charge in [-0.25, -0.2) is 0 Å². The van der Waals surface area contributed by atoms with Crippen LogP contribution in [0.4, 0.5) is 5.69 Å². The van der Waals surface area contributed by atoms with E-state index in [2.05, 4.69) is 16.0 Å². The monoisotopic (exact) mass is 483 g/mol. The van der Waals surface area contributed by atoms with Crippen molar-refractivity contribution in [1.82, 2.24) is 10.6 Å². The summed E-state index contributed by atoms with van der Waals surface area (Å²) in [5.74, 6) is 0.0306. The average Bonchev–Trinajstić information content (AvgIpc) is 2.72. The number of thiocarbonyl (C=S) groups is 1. The molecule has 166 valence electrons. The quantitative estimate of drug-likeness (QED) is 0.349. The number of anilines is 1. The van der Waals surface area contributed by atoms with E-state index in [4.69, 9.17) is 44.9 Å². The average molecular weight is 484 g/mol. The Balaban J connectivity index is 1.73. The molecule has 3 N–H and O–H groups in total. The summed E-state index contributed by atoms with van der Waals surface area (Å²) in [6, 6.07) is 11.7. The van der Waals surface area contributed by atoms with Crippen LogP contribution in [0.1, 0.15) is 23.2 Å². The van der Waals surface area contributed by atoms with Gasteiger partial charge in [-0.1, -0.05) is 29.3 Å². The van der Waals surface area contributed by atoms with Gasteiger partial charge in [0.1, 0.15) is 5.75 Å². The predicted molar refractivity (Wildman–Crippen MR) is 126 cm³/mol. The number of benzene rings is 2. The Kier molecular flexibility index (Phi) is 10.5. The van der Waals surface area contributed by atoms with Crippen molar-refractivity contribution in [3.8, 4) is 5.75 Å². The molecule has 0 saturated carbocycles. The van der Waals surface area contributed by atoms with Crippen LogP contribution in [0.25, 0.3) is 0 Å². The number of rotatable bonds is 10. The van der Waals surface area contributed by atoms with E-state index in [9.17, 15) is 9.59 Å². The zero-order valence-electron chi connectivity index (χ0n) is 16.9. The third kappa shape index (κ3) is 9.10. The SMILES string of the molecule is COCCNC(=O)c1cccc(NC(=S)NC(=O)CCCOc2ccc(Cl)cc2Cl)c1. The lowest BCUT2D eigenvalue weighted by Crippen LogP contribution is -2.34. The van der Waals surface area contributed by atoms with E-state index >= 15 is 0 Å².